The van der Waals surface area contributed by atoms with Gasteiger partial charge in [-0.2, -0.15) is 10.2 Å². The summed E-state index contributed by atoms with van der Waals surface area (Å²) in [5.74, 6) is 0. The van der Waals surface area contributed by atoms with Gasteiger partial charge in [0.25, 0.3) is 0 Å². The van der Waals surface area contributed by atoms with E-state index < -0.39 is 0 Å². The lowest BCUT2D eigenvalue weighted by Gasteiger charge is -2.03. The van der Waals surface area contributed by atoms with Crippen molar-refractivity contribution in [2.45, 2.75) is 33.4 Å². The van der Waals surface area contributed by atoms with E-state index in [0.29, 0.717) is 0 Å². The number of nitrogens with one attached hydrogen (secondary N) is 1. The molecule has 0 saturated heterocycles. The second-order valence-electron chi connectivity index (χ2n) is 4.19. The van der Waals surface area contributed by atoms with E-state index in [1.165, 1.54) is 0 Å². The van der Waals surface area contributed by atoms with Crippen molar-refractivity contribution >= 4 is 5.69 Å². The molecule has 17 heavy (non-hydrogen) atoms. The lowest BCUT2D eigenvalue weighted by Crippen LogP contribution is -2.03. The van der Waals surface area contributed by atoms with Crippen LogP contribution in [0.2, 0.25) is 0 Å². The minimum atomic E-state index is 0.739. The number of rotatable bonds is 5. The number of anilines is 1. The molecule has 0 unspecified atom stereocenters. The van der Waals surface area contributed by atoms with Gasteiger partial charge in [0.15, 0.2) is 0 Å². The van der Waals surface area contributed by atoms with Crippen LogP contribution in [0.1, 0.15) is 24.7 Å². The highest BCUT2D eigenvalue weighted by atomic mass is 15.3. The van der Waals surface area contributed by atoms with Crippen LogP contribution in [-0.2, 0) is 20.1 Å². The summed E-state index contributed by atoms with van der Waals surface area (Å²) in [6.07, 6.45) is 4.98. The fourth-order valence-electron chi connectivity index (χ4n) is 1.71. The molecule has 0 aliphatic rings. The average Bonchev–Trinajstić information content (AvgIpc) is 2.87. The van der Waals surface area contributed by atoms with E-state index in [2.05, 4.69) is 22.4 Å². The van der Waals surface area contributed by atoms with Crippen LogP contribution in [0.3, 0.4) is 0 Å². The number of hydrogen-bond donors (Lipinski definition) is 1. The Balaban J connectivity index is 1.95. The Bertz CT molecular complexity index is 483. The van der Waals surface area contributed by atoms with Gasteiger partial charge in [-0.1, -0.05) is 6.92 Å². The second-order valence-corrected chi connectivity index (χ2v) is 4.19. The Morgan fingerprint density at radius 1 is 1.41 bits per heavy atom. The molecule has 2 aromatic heterocycles. The van der Waals surface area contributed by atoms with E-state index in [4.69, 9.17) is 0 Å². The average molecular weight is 233 g/mol. The molecule has 0 amide bonds. The van der Waals surface area contributed by atoms with Gasteiger partial charge < -0.3 is 5.32 Å². The minimum Gasteiger partial charge on any atom is -0.377 e. The first-order valence-corrected chi connectivity index (χ1v) is 5.95. The van der Waals surface area contributed by atoms with Crippen molar-refractivity contribution in [1.82, 2.24) is 19.6 Å². The summed E-state index contributed by atoms with van der Waals surface area (Å²) < 4.78 is 3.84. The van der Waals surface area contributed by atoms with Crippen LogP contribution in [0, 0.1) is 6.92 Å². The lowest BCUT2D eigenvalue weighted by atomic mass is 10.3. The van der Waals surface area contributed by atoms with Gasteiger partial charge in [-0.15, -0.1) is 0 Å². The van der Waals surface area contributed by atoms with E-state index in [0.717, 1.165) is 36.6 Å². The SMILES string of the molecule is CCCn1ccc(CNc2cnn(C)c2C)n1. The van der Waals surface area contributed by atoms with Crippen LogP contribution in [0.25, 0.3) is 0 Å². The van der Waals surface area contributed by atoms with Crippen molar-refractivity contribution in [3.05, 3.63) is 29.8 Å². The van der Waals surface area contributed by atoms with Crippen molar-refractivity contribution in [2.75, 3.05) is 5.32 Å². The zero-order valence-electron chi connectivity index (χ0n) is 10.6. The number of aryl methyl sites for hydroxylation is 2. The second kappa shape index (κ2) is 5.03. The molecule has 0 fully saturated rings. The fourth-order valence-corrected chi connectivity index (χ4v) is 1.71. The Hall–Kier alpha value is -1.78. The maximum absolute atomic E-state index is 4.48. The largest absolute Gasteiger partial charge is 0.377 e. The molecule has 0 aromatic carbocycles. The standard InChI is InChI=1S/C12H19N5/c1-4-6-17-7-5-11(15-17)8-13-12-9-14-16(3)10(12)2/h5,7,9,13H,4,6,8H2,1-3H3. The Morgan fingerprint density at radius 2 is 2.24 bits per heavy atom. The fraction of sp³-hybridized carbons (Fsp3) is 0.500. The van der Waals surface area contributed by atoms with Crippen molar-refractivity contribution in [3.8, 4) is 0 Å². The van der Waals surface area contributed by atoms with Gasteiger partial charge in [-0.05, 0) is 19.4 Å². The zero-order valence-corrected chi connectivity index (χ0v) is 10.6. The van der Waals surface area contributed by atoms with Crippen molar-refractivity contribution < 1.29 is 0 Å². The Morgan fingerprint density at radius 3 is 2.88 bits per heavy atom. The third kappa shape index (κ3) is 2.67. The van der Waals surface area contributed by atoms with E-state index >= 15 is 0 Å². The third-order valence-corrected chi connectivity index (χ3v) is 2.84. The normalized spacial score (nSPS) is 10.8. The summed E-state index contributed by atoms with van der Waals surface area (Å²) in [4.78, 5) is 0. The van der Waals surface area contributed by atoms with Crippen LogP contribution in [0.15, 0.2) is 18.5 Å². The molecule has 0 saturated carbocycles. The topological polar surface area (TPSA) is 47.7 Å². The van der Waals surface area contributed by atoms with E-state index in [9.17, 15) is 0 Å². The van der Waals surface area contributed by atoms with Crippen LogP contribution in [0.4, 0.5) is 5.69 Å². The molecule has 1 N–H and O–H groups in total. The van der Waals surface area contributed by atoms with Gasteiger partial charge >= 0.3 is 0 Å². The Kier molecular flexibility index (Phi) is 3.46. The molecular weight excluding hydrogens is 214 g/mol. The molecule has 2 rings (SSSR count). The lowest BCUT2D eigenvalue weighted by molar-refractivity contribution is 0.595. The van der Waals surface area contributed by atoms with Crippen molar-refractivity contribution in [3.63, 3.8) is 0 Å². The first-order chi connectivity index (χ1) is 8.20. The molecule has 0 aliphatic carbocycles. The summed E-state index contributed by atoms with van der Waals surface area (Å²) in [5.41, 5.74) is 3.26. The van der Waals surface area contributed by atoms with Crippen molar-refractivity contribution in [2.24, 2.45) is 7.05 Å². The van der Waals surface area contributed by atoms with Gasteiger partial charge in [-0.3, -0.25) is 9.36 Å². The quantitative estimate of drug-likeness (QED) is 0.858. The molecule has 92 valence electrons. The molecule has 0 aliphatic heterocycles. The van der Waals surface area contributed by atoms with Crippen molar-refractivity contribution in [1.29, 1.82) is 0 Å². The first kappa shape index (κ1) is 11.7. The number of aromatic nitrogens is 4. The molecule has 0 spiro atoms. The molecule has 2 aromatic rings. The summed E-state index contributed by atoms with van der Waals surface area (Å²) in [6.45, 7) is 5.92. The number of nitrogens with zero attached hydrogens (tertiary/aromatic N) is 4. The highest BCUT2D eigenvalue weighted by Gasteiger charge is 2.04. The first-order valence-electron chi connectivity index (χ1n) is 5.95. The molecule has 5 heteroatoms. The monoisotopic (exact) mass is 233 g/mol. The predicted octanol–water partition coefficient (Wildman–Crippen LogP) is 1.95. The van der Waals surface area contributed by atoms with Crippen LogP contribution in [-0.4, -0.2) is 19.6 Å². The smallest absolute Gasteiger partial charge is 0.0815 e. The summed E-state index contributed by atoms with van der Waals surface area (Å²) in [7, 11) is 1.94. The van der Waals surface area contributed by atoms with E-state index in [-0.39, 0.29) is 0 Å². The van der Waals surface area contributed by atoms with Gasteiger partial charge in [0.1, 0.15) is 0 Å². The maximum atomic E-state index is 4.48. The maximum Gasteiger partial charge on any atom is 0.0815 e. The number of hydrogen-bond acceptors (Lipinski definition) is 3. The Labute approximate surface area is 101 Å². The summed E-state index contributed by atoms with van der Waals surface area (Å²) in [6, 6.07) is 2.05. The molecule has 2 heterocycles. The molecule has 0 radical (unpaired) electrons. The predicted molar refractivity (Wildman–Crippen MR) is 67.8 cm³/mol. The zero-order chi connectivity index (χ0) is 12.3. The third-order valence-electron chi connectivity index (χ3n) is 2.84. The molecule has 0 atom stereocenters. The van der Waals surface area contributed by atoms with E-state index in [1.807, 2.05) is 41.8 Å². The summed E-state index contributed by atoms with van der Waals surface area (Å²) >= 11 is 0. The van der Waals surface area contributed by atoms with Gasteiger partial charge in [0, 0.05) is 19.8 Å². The van der Waals surface area contributed by atoms with Gasteiger partial charge in [0.2, 0.25) is 0 Å². The van der Waals surface area contributed by atoms with Crippen LogP contribution >= 0.6 is 0 Å². The highest BCUT2D eigenvalue weighted by molar-refractivity contribution is 5.45. The van der Waals surface area contributed by atoms with Crippen LogP contribution in [0.5, 0.6) is 0 Å². The van der Waals surface area contributed by atoms with Gasteiger partial charge in [0.05, 0.1) is 29.8 Å². The van der Waals surface area contributed by atoms with Crippen LogP contribution < -0.4 is 5.32 Å². The minimum absolute atomic E-state index is 0.739. The molecule has 0 bridgehead atoms. The summed E-state index contributed by atoms with van der Waals surface area (Å²) in [5, 5.41) is 12.0. The van der Waals surface area contributed by atoms with E-state index in [1.54, 1.807) is 0 Å². The van der Waals surface area contributed by atoms with Gasteiger partial charge in [-0.25, -0.2) is 0 Å². The molecular formula is C12H19N5. The highest BCUT2D eigenvalue weighted by Crippen LogP contribution is 2.13. The molecule has 5 nitrogen and oxygen atoms in total.